The minimum Gasteiger partial charge on any atom is -0.485 e. The molecule has 3 nitrogen and oxygen atoms in total. The zero-order chi connectivity index (χ0) is 13.4. The van der Waals surface area contributed by atoms with E-state index in [0.717, 1.165) is 25.8 Å². The van der Waals surface area contributed by atoms with Crippen LogP contribution in [0.15, 0.2) is 45.6 Å². The number of nitrogens with zero attached hydrogens (tertiary/aromatic N) is 1. The van der Waals surface area contributed by atoms with Gasteiger partial charge in [-0.3, -0.25) is 4.98 Å². The number of aromatic nitrogens is 1. The molecule has 1 aromatic carbocycles. The minimum absolute atomic E-state index is 0.173. The molecule has 19 heavy (non-hydrogen) atoms. The van der Waals surface area contributed by atoms with Gasteiger partial charge in [0.2, 0.25) is 0 Å². The van der Waals surface area contributed by atoms with E-state index in [2.05, 4.69) is 36.8 Å². The van der Waals surface area contributed by atoms with Gasteiger partial charge < -0.3 is 9.84 Å². The minimum atomic E-state index is -0.523. The van der Waals surface area contributed by atoms with Crippen molar-refractivity contribution in [3.05, 3.63) is 56.7 Å². The second-order valence-corrected chi connectivity index (χ2v) is 6.31. The second kappa shape index (κ2) is 5.23. The zero-order valence-electron chi connectivity index (χ0n) is 9.88. The van der Waals surface area contributed by atoms with Crippen LogP contribution in [0.4, 0.5) is 0 Å². The molecule has 5 heteroatoms. The molecule has 2 atom stereocenters. The third-order valence-electron chi connectivity index (χ3n) is 3.14. The Hall–Kier alpha value is -0.910. The molecule has 0 bridgehead atoms. The van der Waals surface area contributed by atoms with Crippen LogP contribution in [0.3, 0.4) is 0 Å². The van der Waals surface area contributed by atoms with Crippen molar-refractivity contribution in [2.24, 2.45) is 0 Å². The number of hydrogen-bond donors (Lipinski definition) is 1. The van der Waals surface area contributed by atoms with Crippen molar-refractivity contribution in [1.82, 2.24) is 4.98 Å². The molecule has 98 valence electrons. The first-order valence-electron chi connectivity index (χ1n) is 5.88. The molecule has 0 aliphatic carbocycles. The molecule has 0 saturated carbocycles. The Morgan fingerprint density at radius 1 is 1.16 bits per heavy atom. The lowest BCUT2D eigenvalue weighted by atomic mass is 9.96. The number of pyridine rings is 1. The van der Waals surface area contributed by atoms with E-state index in [1.807, 2.05) is 24.3 Å². The highest BCUT2D eigenvalue weighted by Gasteiger charge is 2.28. The van der Waals surface area contributed by atoms with Gasteiger partial charge in [-0.2, -0.15) is 0 Å². The Morgan fingerprint density at radius 3 is 2.79 bits per heavy atom. The van der Waals surface area contributed by atoms with Crippen molar-refractivity contribution in [3.63, 3.8) is 0 Å². The van der Waals surface area contributed by atoms with Crippen LogP contribution in [0.1, 0.15) is 29.8 Å². The van der Waals surface area contributed by atoms with Crippen molar-refractivity contribution in [2.45, 2.75) is 18.6 Å². The van der Waals surface area contributed by atoms with E-state index in [0.29, 0.717) is 6.42 Å². The van der Waals surface area contributed by atoms with Crippen molar-refractivity contribution >= 4 is 31.9 Å². The predicted molar refractivity (Wildman–Crippen MR) is 79.0 cm³/mol. The summed E-state index contributed by atoms with van der Waals surface area (Å²) in [6.07, 6.45) is 3.33. The van der Waals surface area contributed by atoms with Gasteiger partial charge in [-0.05, 0) is 40.2 Å². The largest absolute Gasteiger partial charge is 0.485 e. The molecule has 0 amide bonds. The fraction of sp³-hybridized carbons (Fsp3) is 0.214. The van der Waals surface area contributed by atoms with Gasteiger partial charge >= 0.3 is 0 Å². The van der Waals surface area contributed by atoms with Gasteiger partial charge in [0.15, 0.2) is 0 Å². The Kier molecular flexibility index (Phi) is 3.60. The summed E-state index contributed by atoms with van der Waals surface area (Å²) in [5.41, 5.74) is 1.79. The monoisotopic (exact) mass is 383 g/mol. The summed E-state index contributed by atoms with van der Waals surface area (Å²) in [4.78, 5) is 4.14. The third-order valence-corrected chi connectivity index (χ3v) is 4.06. The molecular formula is C14H11Br2NO2. The number of fused-ring (bicyclic) bond motifs is 1. The first kappa shape index (κ1) is 13.1. The fourth-order valence-corrected chi connectivity index (χ4v) is 2.99. The van der Waals surface area contributed by atoms with Crippen LogP contribution in [0.5, 0.6) is 5.75 Å². The van der Waals surface area contributed by atoms with Gasteiger partial charge in [-0.1, -0.05) is 15.9 Å². The van der Waals surface area contributed by atoms with Gasteiger partial charge in [-0.25, -0.2) is 0 Å². The summed E-state index contributed by atoms with van der Waals surface area (Å²) < 4.78 is 7.81. The Balaban J connectivity index is 1.95. The molecule has 1 N–H and O–H groups in total. The average Bonchev–Trinajstić information content (AvgIpc) is 2.39. The molecule has 0 spiro atoms. The van der Waals surface area contributed by atoms with Gasteiger partial charge in [-0.15, -0.1) is 0 Å². The molecule has 0 fully saturated rings. The summed E-state index contributed by atoms with van der Waals surface area (Å²) in [6.45, 7) is 0. The van der Waals surface area contributed by atoms with Crippen molar-refractivity contribution < 1.29 is 9.84 Å². The predicted octanol–water partition coefficient (Wildman–Crippen LogP) is 4.16. The average molecular weight is 385 g/mol. The summed E-state index contributed by atoms with van der Waals surface area (Å²) >= 11 is 6.80. The SMILES string of the molecule is OC1CC(c2cncc(Br)c2)Oc2ccc(Br)cc21. The number of aliphatic hydroxyl groups excluding tert-OH is 1. The van der Waals surface area contributed by atoms with Crippen LogP contribution >= 0.6 is 31.9 Å². The van der Waals surface area contributed by atoms with E-state index < -0.39 is 6.10 Å². The van der Waals surface area contributed by atoms with E-state index in [1.165, 1.54) is 0 Å². The van der Waals surface area contributed by atoms with Crippen molar-refractivity contribution in [1.29, 1.82) is 0 Å². The highest BCUT2D eigenvalue weighted by Crippen LogP contribution is 2.41. The highest BCUT2D eigenvalue weighted by molar-refractivity contribution is 9.10. The fourth-order valence-electron chi connectivity index (χ4n) is 2.23. The maximum atomic E-state index is 10.3. The van der Waals surface area contributed by atoms with Crippen molar-refractivity contribution in [2.75, 3.05) is 0 Å². The number of benzene rings is 1. The lowest BCUT2D eigenvalue weighted by Crippen LogP contribution is -2.19. The number of rotatable bonds is 1. The van der Waals surface area contributed by atoms with Crippen LogP contribution in [0.2, 0.25) is 0 Å². The molecule has 1 aromatic heterocycles. The van der Waals surface area contributed by atoms with E-state index in [-0.39, 0.29) is 6.10 Å². The lowest BCUT2D eigenvalue weighted by Gasteiger charge is -2.30. The summed E-state index contributed by atoms with van der Waals surface area (Å²) in [7, 11) is 0. The maximum absolute atomic E-state index is 10.3. The summed E-state index contributed by atoms with van der Waals surface area (Å²) in [5.74, 6) is 0.729. The van der Waals surface area contributed by atoms with Gasteiger partial charge in [0.25, 0.3) is 0 Å². The van der Waals surface area contributed by atoms with Crippen LogP contribution in [0, 0.1) is 0 Å². The van der Waals surface area contributed by atoms with E-state index in [1.54, 1.807) is 12.4 Å². The molecule has 1 aliphatic rings. The first-order chi connectivity index (χ1) is 9.13. The quantitative estimate of drug-likeness (QED) is 0.802. The Bertz CT molecular complexity index is 618. The lowest BCUT2D eigenvalue weighted by molar-refractivity contribution is 0.0655. The van der Waals surface area contributed by atoms with E-state index in [9.17, 15) is 5.11 Å². The number of hydrogen-bond acceptors (Lipinski definition) is 3. The Labute approximate surface area is 127 Å². The molecule has 0 radical (unpaired) electrons. The normalized spacial score (nSPS) is 21.6. The van der Waals surface area contributed by atoms with Gasteiger partial charge in [0, 0.05) is 38.9 Å². The molecule has 2 unspecified atom stereocenters. The van der Waals surface area contributed by atoms with E-state index >= 15 is 0 Å². The number of ether oxygens (including phenoxy) is 1. The van der Waals surface area contributed by atoms with Crippen LogP contribution in [-0.4, -0.2) is 10.1 Å². The van der Waals surface area contributed by atoms with Crippen LogP contribution < -0.4 is 4.74 Å². The maximum Gasteiger partial charge on any atom is 0.128 e. The molecule has 2 aromatic rings. The molecule has 3 rings (SSSR count). The number of aliphatic hydroxyl groups is 1. The summed E-state index contributed by atoms with van der Waals surface area (Å²) in [6, 6.07) is 7.65. The molecule has 0 saturated heterocycles. The third kappa shape index (κ3) is 2.68. The highest BCUT2D eigenvalue weighted by atomic mass is 79.9. The molecule has 2 heterocycles. The van der Waals surface area contributed by atoms with E-state index in [4.69, 9.17) is 4.74 Å². The van der Waals surface area contributed by atoms with Crippen LogP contribution in [0.25, 0.3) is 0 Å². The van der Waals surface area contributed by atoms with Gasteiger partial charge in [0.05, 0.1) is 6.10 Å². The first-order valence-corrected chi connectivity index (χ1v) is 7.46. The second-order valence-electron chi connectivity index (χ2n) is 4.48. The summed E-state index contributed by atoms with van der Waals surface area (Å²) in [5, 5.41) is 10.3. The smallest absolute Gasteiger partial charge is 0.128 e. The number of halogens is 2. The Morgan fingerprint density at radius 2 is 2.00 bits per heavy atom. The standard InChI is InChI=1S/C14H11Br2NO2/c15-9-1-2-13-11(4-9)12(18)5-14(19-13)8-3-10(16)7-17-6-8/h1-4,6-7,12,14,18H,5H2. The van der Waals surface area contributed by atoms with Crippen molar-refractivity contribution in [3.8, 4) is 5.75 Å². The zero-order valence-corrected chi connectivity index (χ0v) is 13.1. The molecule has 1 aliphatic heterocycles. The van der Waals surface area contributed by atoms with Gasteiger partial charge in [0.1, 0.15) is 11.9 Å². The van der Waals surface area contributed by atoms with Crippen LogP contribution in [-0.2, 0) is 0 Å². The topological polar surface area (TPSA) is 42.4 Å². The molecular weight excluding hydrogens is 374 g/mol.